The van der Waals surface area contributed by atoms with Crippen LogP contribution in [0.3, 0.4) is 0 Å². The van der Waals surface area contributed by atoms with Crippen LogP contribution in [0, 0.1) is 6.92 Å². The Hall–Kier alpha value is -1.09. The Morgan fingerprint density at radius 2 is 2.33 bits per heavy atom. The van der Waals surface area contributed by atoms with Crippen molar-refractivity contribution < 1.29 is 9.90 Å². The zero-order valence-electron chi connectivity index (χ0n) is 6.65. The van der Waals surface area contributed by atoms with E-state index in [1.54, 1.807) is 18.5 Å². The van der Waals surface area contributed by atoms with E-state index in [-0.39, 0.29) is 18.8 Å². The zero-order valence-corrected chi connectivity index (χ0v) is 7.47. The number of aryl methyl sites for hydroxylation is 1. The smallest absolute Gasteiger partial charge is 0.307 e. The van der Waals surface area contributed by atoms with Gasteiger partial charge >= 0.3 is 5.97 Å². The third-order valence-electron chi connectivity index (χ3n) is 1.48. The molecular formula is C8H10ClNO2. The van der Waals surface area contributed by atoms with E-state index in [1.165, 1.54) is 0 Å². The van der Waals surface area contributed by atoms with E-state index in [1.807, 2.05) is 6.92 Å². The molecule has 0 fully saturated rings. The first-order valence-electron chi connectivity index (χ1n) is 3.31. The third-order valence-corrected chi connectivity index (χ3v) is 1.48. The molecule has 0 spiro atoms. The average Bonchev–Trinajstić information content (AvgIpc) is 1.93. The predicted molar refractivity (Wildman–Crippen MR) is 47.6 cm³/mol. The molecule has 0 aliphatic rings. The van der Waals surface area contributed by atoms with Crippen molar-refractivity contribution in [3.63, 3.8) is 0 Å². The Bertz CT molecular complexity index is 276. The first-order valence-corrected chi connectivity index (χ1v) is 3.31. The van der Waals surface area contributed by atoms with Gasteiger partial charge in [-0.2, -0.15) is 0 Å². The summed E-state index contributed by atoms with van der Waals surface area (Å²) in [5.74, 6) is -0.806. The Kier molecular flexibility index (Phi) is 4.29. The van der Waals surface area contributed by atoms with Gasteiger partial charge in [0.15, 0.2) is 0 Å². The Morgan fingerprint density at radius 1 is 1.67 bits per heavy atom. The van der Waals surface area contributed by atoms with Gasteiger partial charge in [0.05, 0.1) is 6.42 Å². The first-order chi connectivity index (χ1) is 5.20. The van der Waals surface area contributed by atoms with Crippen LogP contribution in [-0.4, -0.2) is 16.1 Å². The molecule has 66 valence electrons. The van der Waals surface area contributed by atoms with E-state index in [0.717, 1.165) is 11.1 Å². The van der Waals surface area contributed by atoms with Crippen molar-refractivity contribution in [1.82, 2.24) is 4.98 Å². The summed E-state index contributed by atoms with van der Waals surface area (Å²) in [7, 11) is 0. The van der Waals surface area contributed by atoms with Crippen LogP contribution in [0.1, 0.15) is 11.1 Å². The largest absolute Gasteiger partial charge is 0.481 e. The maximum atomic E-state index is 10.3. The molecule has 4 heteroatoms. The van der Waals surface area contributed by atoms with E-state index in [9.17, 15) is 4.79 Å². The van der Waals surface area contributed by atoms with Crippen molar-refractivity contribution in [1.29, 1.82) is 0 Å². The van der Waals surface area contributed by atoms with Crippen molar-refractivity contribution in [2.75, 3.05) is 0 Å². The SMILES string of the molecule is Cc1cnccc1CC(=O)O.Cl. The highest BCUT2D eigenvalue weighted by Crippen LogP contribution is 2.04. The van der Waals surface area contributed by atoms with Gasteiger partial charge in [0.2, 0.25) is 0 Å². The first kappa shape index (κ1) is 10.9. The average molecular weight is 188 g/mol. The molecule has 1 aromatic heterocycles. The molecule has 0 atom stereocenters. The molecule has 12 heavy (non-hydrogen) atoms. The van der Waals surface area contributed by atoms with Gasteiger partial charge in [0, 0.05) is 12.4 Å². The van der Waals surface area contributed by atoms with Gasteiger partial charge in [-0.25, -0.2) is 0 Å². The molecule has 1 rings (SSSR count). The standard InChI is InChI=1S/C8H9NO2.ClH/c1-6-5-9-3-2-7(6)4-8(10)11;/h2-3,5H,4H2,1H3,(H,10,11);1H. The van der Waals surface area contributed by atoms with Gasteiger partial charge < -0.3 is 5.11 Å². The van der Waals surface area contributed by atoms with Gasteiger partial charge in [0.1, 0.15) is 0 Å². The molecule has 0 saturated heterocycles. The van der Waals surface area contributed by atoms with E-state index in [0.29, 0.717) is 0 Å². The van der Waals surface area contributed by atoms with E-state index < -0.39 is 5.97 Å². The van der Waals surface area contributed by atoms with Crippen molar-refractivity contribution in [3.05, 3.63) is 29.6 Å². The summed E-state index contributed by atoms with van der Waals surface area (Å²) in [6.45, 7) is 1.85. The van der Waals surface area contributed by atoms with Crippen LogP contribution in [0.5, 0.6) is 0 Å². The van der Waals surface area contributed by atoms with Crippen LogP contribution in [0.4, 0.5) is 0 Å². The molecule has 0 aliphatic carbocycles. The normalized spacial score (nSPS) is 8.75. The maximum Gasteiger partial charge on any atom is 0.307 e. The number of nitrogens with zero attached hydrogens (tertiary/aromatic N) is 1. The highest BCUT2D eigenvalue weighted by molar-refractivity contribution is 5.85. The second kappa shape index (κ2) is 4.72. The summed E-state index contributed by atoms with van der Waals surface area (Å²) < 4.78 is 0. The van der Waals surface area contributed by atoms with Crippen molar-refractivity contribution >= 4 is 18.4 Å². The Morgan fingerprint density at radius 3 is 2.83 bits per heavy atom. The molecule has 0 amide bonds. The molecule has 0 aliphatic heterocycles. The molecule has 1 aromatic rings. The summed E-state index contributed by atoms with van der Waals surface area (Å²) in [6, 6.07) is 1.73. The van der Waals surface area contributed by atoms with Crippen LogP contribution >= 0.6 is 12.4 Å². The highest BCUT2D eigenvalue weighted by Gasteiger charge is 2.01. The van der Waals surface area contributed by atoms with Crippen LogP contribution in [0.2, 0.25) is 0 Å². The van der Waals surface area contributed by atoms with Crippen molar-refractivity contribution in [2.24, 2.45) is 0 Å². The lowest BCUT2D eigenvalue weighted by Crippen LogP contribution is -2.01. The number of halogens is 1. The fourth-order valence-electron chi connectivity index (χ4n) is 0.863. The lowest BCUT2D eigenvalue weighted by atomic mass is 10.1. The van der Waals surface area contributed by atoms with Gasteiger partial charge in [-0.05, 0) is 24.1 Å². The van der Waals surface area contributed by atoms with Crippen molar-refractivity contribution in [2.45, 2.75) is 13.3 Å². The van der Waals surface area contributed by atoms with Crippen molar-refractivity contribution in [3.8, 4) is 0 Å². The second-order valence-corrected chi connectivity index (χ2v) is 2.37. The predicted octanol–water partition coefficient (Wildman–Crippen LogP) is 1.44. The summed E-state index contributed by atoms with van der Waals surface area (Å²) in [6.07, 6.45) is 3.35. The maximum absolute atomic E-state index is 10.3. The molecule has 0 radical (unpaired) electrons. The molecule has 0 bridgehead atoms. The summed E-state index contributed by atoms with van der Waals surface area (Å²) in [4.78, 5) is 14.2. The van der Waals surface area contributed by atoms with Crippen LogP contribution < -0.4 is 0 Å². The van der Waals surface area contributed by atoms with E-state index >= 15 is 0 Å². The summed E-state index contributed by atoms with van der Waals surface area (Å²) in [5, 5.41) is 8.47. The fraction of sp³-hybridized carbons (Fsp3) is 0.250. The molecule has 1 heterocycles. The molecule has 0 aromatic carbocycles. The molecule has 3 nitrogen and oxygen atoms in total. The Labute approximate surface area is 76.9 Å². The number of hydrogen-bond donors (Lipinski definition) is 1. The van der Waals surface area contributed by atoms with E-state index in [4.69, 9.17) is 5.11 Å². The Balaban J connectivity index is 0.00000121. The molecule has 0 saturated carbocycles. The third kappa shape index (κ3) is 2.88. The topological polar surface area (TPSA) is 50.2 Å². The number of aromatic nitrogens is 1. The monoisotopic (exact) mass is 187 g/mol. The minimum Gasteiger partial charge on any atom is -0.481 e. The van der Waals surface area contributed by atoms with Gasteiger partial charge in [-0.3, -0.25) is 9.78 Å². The second-order valence-electron chi connectivity index (χ2n) is 2.37. The highest BCUT2D eigenvalue weighted by atomic mass is 35.5. The molecule has 0 unspecified atom stereocenters. The molecule has 1 N–H and O–H groups in total. The van der Waals surface area contributed by atoms with Crippen LogP contribution in [0.25, 0.3) is 0 Å². The molecular weight excluding hydrogens is 178 g/mol. The number of rotatable bonds is 2. The number of carboxylic acid groups (broad SMARTS) is 1. The quantitative estimate of drug-likeness (QED) is 0.762. The van der Waals surface area contributed by atoms with E-state index in [2.05, 4.69) is 4.98 Å². The number of hydrogen-bond acceptors (Lipinski definition) is 2. The number of carboxylic acids is 1. The van der Waals surface area contributed by atoms with Gasteiger partial charge in [0.25, 0.3) is 0 Å². The lowest BCUT2D eigenvalue weighted by Gasteiger charge is -1.99. The van der Waals surface area contributed by atoms with Gasteiger partial charge in [-0.1, -0.05) is 0 Å². The number of aliphatic carboxylic acids is 1. The zero-order chi connectivity index (χ0) is 8.27. The number of carbonyl (C=O) groups is 1. The minimum atomic E-state index is -0.806. The number of pyridine rings is 1. The fourth-order valence-corrected chi connectivity index (χ4v) is 0.863. The summed E-state index contributed by atoms with van der Waals surface area (Å²) >= 11 is 0. The summed E-state index contributed by atoms with van der Waals surface area (Å²) in [5.41, 5.74) is 1.75. The van der Waals surface area contributed by atoms with Gasteiger partial charge in [-0.15, -0.1) is 12.4 Å². The lowest BCUT2D eigenvalue weighted by molar-refractivity contribution is -0.136. The van der Waals surface area contributed by atoms with Crippen LogP contribution in [0.15, 0.2) is 18.5 Å². The minimum absolute atomic E-state index is 0. The van der Waals surface area contributed by atoms with Crippen LogP contribution in [-0.2, 0) is 11.2 Å².